The smallest absolute Gasteiger partial charge is 0.254 e. The molecule has 1 amide bonds. The van der Waals surface area contributed by atoms with Crippen molar-refractivity contribution in [1.82, 2.24) is 10.3 Å². The van der Waals surface area contributed by atoms with Crippen LogP contribution in [-0.4, -0.2) is 17.9 Å². The third-order valence-electron chi connectivity index (χ3n) is 3.23. The Morgan fingerprint density at radius 2 is 2.14 bits per heavy atom. The average Bonchev–Trinajstić information content (AvgIpc) is 2.54. The Balaban J connectivity index is 2.45. The topological polar surface area (TPSA) is 77.8 Å². The zero-order valence-corrected chi connectivity index (χ0v) is 13.0. The molecule has 22 heavy (non-hydrogen) atoms. The van der Waals surface area contributed by atoms with Crippen LogP contribution >= 0.6 is 11.6 Å². The van der Waals surface area contributed by atoms with Gasteiger partial charge >= 0.3 is 0 Å². The molecule has 6 heteroatoms. The highest BCUT2D eigenvalue weighted by molar-refractivity contribution is 6.29. The van der Waals surface area contributed by atoms with Crippen LogP contribution in [0.1, 0.15) is 28.4 Å². The molecule has 2 rings (SSSR count). The van der Waals surface area contributed by atoms with Crippen molar-refractivity contribution in [2.75, 3.05) is 12.4 Å². The lowest BCUT2D eigenvalue weighted by Gasteiger charge is -2.14. The van der Waals surface area contributed by atoms with Gasteiger partial charge in [-0.15, -0.1) is 0 Å². The van der Waals surface area contributed by atoms with Gasteiger partial charge in [-0.05, 0) is 36.2 Å². The number of carbonyl (C=O) groups is 1. The highest BCUT2D eigenvalue weighted by atomic mass is 35.5. The van der Waals surface area contributed by atoms with E-state index in [1.165, 1.54) is 6.20 Å². The van der Waals surface area contributed by atoms with Crippen molar-refractivity contribution in [1.29, 1.82) is 5.26 Å². The summed E-state index contributed by atoms with van der Waals surface area (Å²) in [7, 11) is 1.56. The quantitative estimate of drug-likeness (QED) is 0.849. The van der Waals surface area contributed by atoms with Crippen molar-refractivity contribution < 1.29 is 4.79 Å². The summed E-state index contributed by atoms with van der Waals surface area (Å²) in [5.74, 6) is -0.252. The van der Waals surface area contributed by atoms with Crippen molar-refractivity contribution in [3.63, 3.8) is 0 Å². The molecule has 1 aromatic heterocycles. The molecule has 0 fully saturated rings. The lowest BCUT2D eigenvalue weighted by atomic mass is 10.1. The number of pyridine rings is 1. The van der Waals surface area contributed by atoms with Gasteiger partial charge in [-0.3, -0.25) is 4.79 Å². The first-order valence-corrected chi connectivity index (χ1v) is 7.14. The molecule has 0 unspecified atom stereocenters. The second-order valence-electron chi connectivity index (χ2n) is 4.59. The molecule has 1 heterocycles. The van der Waals surface area contributed by atoms with E-state index in [-0.39, 0.29) is 5.91 Å². The number of hydrogen-bond donors (Lipinski definition) is 2. The molecule has 0 aliphatic carbocycles. The van der Waals surface area contributed by atoms with Crippen LogP contribution < -0.4 is 10.6 Å². The third kappa shape index (κ3) is 3.35. The molecule has 0 aliphatic heterocycles. The molecule has 5 nitrogen and oxygen atoms in total. The summed E-state index contributed by atoms with van der Waals surface area (Å²) in [6.07, 6.45) is 2.19. The fourth-order valence-electron chi connectivity index (χ4n) is 2.07. The number of hydrogen-bond acceptors (Lipinski definition) is 4. The molecule has 0 saturated carbocycles. The van der Waals surface area contributed by atoms with Gasteiger partial charge in [0.15, 0.2) is 0 Å². The fourth-order valence-corrected chi connectivity index (χ4v) is 2.23. The maximum absolute atomic E-state index is 11.9. The summed E-state index contributed by atoms with van der Waals surface area (Å²) in [6.45, 7) is 2.00. The monoisotopic (exact) mass is 314 g/mol. The van der Waals surface area contributed by atoms with Gasteiger partial charge in [0.2, 0.25) is 0 Å². The average molecular weight is 315 g/mol. The molecule has 112 valence electrons. The Hall–Kier alpha value is -2.58. The van der Waals surface area contributed by atoms with Crippen molar-refractivity contribution in [2.24, 2.45) is 0 Å². The Labute approximate surface area is 133 Å². The lowest BCUT2D eigenvalue weighted by Crippen LogP contribution is -2.19. The van der Waals surface area contributed by atoms with Gasteiger partial charge in [-0.2, -0.15) is 5.26 Å². The number of rotatable bonds is 4. The van der Waals surface area contributed by atoms with Gasteiger partial charge in [0.05, 0.1) is 22.9 Å². The summed E-state index contributed by atoms with van der Waals surface area (Å²) >= 11 is 5.93. The Morgan fingerprint density at radius 1 is 1.36 bits per heavy atom. The molecular formula is C16H15ClN4O. The number of benzene rings is 1. The number of aromatic nitrogens is 1. The second kappa shape index (κ2) is 6.92. The van der Waals surface area contributed by atoms with Gasteiger partial charge in [0.1, 0.15) is 5.15 Å². The van der Waals surface area contributed by atoms with Crippen molar-refractivity contribution in [2.45, 2.75) is 13.3 Å². The van der Waals surface area contributed by atoms with E-state index < -0.39 is 0 Å². The van der Waals surface area contributed by atoms with Gasteiger partial charge in [-0.1, -0.05) is 18.5 Å². The normalized spacial score (nSPS) is 9.91. The maximum atomic E-state index is 11.9. The van der Waals surface area contributed by atoms with E-state index in [0.717, 1.165) is 17.7 Å². The van der Waals surface area contributed by atoms with Crippen LogP contribution in [0.2, 0.25) is 5.15 Å². The minimum Gasteiger partial charge on any atom is -0.355 e. The summed E-state index contributed by atoms with van der Waals surface area (Å²) in [4.78, 5) is 15.9. The van der Waals surface area contributed by atoms with Crippen molar-refractivity contribution >= 4 is 28.9 Å². The van der Waals surface area contributed by atoms with Crippen LogP contribution in [-0.2, 0) is 6.42 Å². The van der Waals surface area contributed by atoms with Crippen LogP contribution in [0.5, 0.6) is 0 Å². The fraction of sp³-hybridized carbons (Fsp3) is 0.188. The van der Waals surface area contributed by atoms with Crippen LogP contribution in [0.15, 0.2) is 30.5 Å². The van der Waals surface area contributed by atoms with E-state index in [2.05, 4.69) is 21.7 Å². The zero-order valence-electron chi connectivity index (χ0n) is 12.3. The molecule has 2 N–H and O–H groups in total. The predicted octanol–water partition coefficient (Wildman–Crippen LogP) is 3.27. The molecule has 0 saturated heterocycles. The minimum absolute atomic E-state index is 0.252. The van der Waals surface area contributed by atoms with Crippen molar-refractivity contribution in [3.05, 3.63) is 52.3 Å². The highest BCUT2D eigenvalue weighted by Crippen LogP contribution is 2.26. The third-order valence-corrected chi connectivity index (χ3v) is 3.43. The Kier molecular flexibility index (Phi) is 4.97. The summed E-state index contributed by atoms with van der Waals surface area (Å²) in [5.41, 5.74) is 3.38. The predicted molar refractivity (Wildman–Crippen MR) is 86.5 cm³/mol. The molecule has 0 atom stereocenters. The SMILES string of the molecule is CCc1cc(C#N)ccc1Nc1cc(Cl)ncc1C(=O)NC. The van der Waals surface area contributed by atoms with E-state index in [1.807, 2.05) is 19.1 Å². The summed E-state index contributed by atoms with van der Waals surface area (Å²) < 4.78 is 0. The second-order valence-corrected chi connectivity index (χ2v) is 4.98. The molecule has 0 spiro atoms. The number of aryl methyl sites for hydroxylation is 1. The number of nitrogens with one attached hydrogen (secondary N) is 2. The number of halogens is 1. The maximum Gasteiger partial charge on any atom is 0.254 e. The van der Waals surface area contributed by atoms with Crippen LogP contribution in [0, 0.1) is 11.3 Å². The van der Waals surface area contributed by atoms with Gasteiger partial charge < -0.3 is 10.6 Å². The van der Waals surface area contributed by atoms with Gasteiger partial charge in [-0.25, -0.2) is 4.98 Å². The summed E-state index contributed by atoms with van der Waals surface area (Å²) in [6, 6.07) is 9.09. The molecule has 2 aromatic rings. The zero-order chi connectivity index (χ0) is 16.1. The molecule has 0 bridgehead atoms. The minimum atomic E-state index is -0.252. The van der Waals surface area contributed by atoms with Crippen LogP contribution in [0.3, 0.4) is 0 Å². The van der Waals surface area contributed by atoms with E-state index in [1.54, 1.807) is 19.2 Å². The molecule has 0 aliphatic rings. The molecular weight excluding hydrogens is 300 g/mol. The van der Waals surface area contributed by atoms with E-state index in [4.69, 9.17) is 16.9 Å². The van der Waals surface area contributed by atoms with Crippen molar-refractivity contribution in [3.8, 4) is 6.07 Å². The van der Waals surface area contributed by atoms with Crippen LogP contribution in [0.25, 0.3) is 0 Å². The van der Waals surface area contributed by atoms with E-state index in [0.29, 0.717) is 22.0 Å². The van der Waals surface area contributed by atoms with E-state index >= 15 is 0 Å². The molecule has 1 aromatic carbocycles. The first-order chi connectivity index (χ1) is 10.6. The Morgan fingerprint density at radius 3 is 2.77 bits per heavy atom. The van der Waals surface area contributed by atoms with Gasteiger partial charge in [0, 0.05) is 18.9 Å². The van der Waals surface area contributed by atoms with Gasteiger partial charge in [0.25, 0.3) is 5.91 Å². The first-order valence-electron chi connectivity index (χ1n) is 6.76. The number of carbonyl (C=O) groups excluding carboxylic acids is 1. The number of nitriles is 1. The summed E-state index contributed by atoms with van der Waals surface area (Å²) in [5, 5.41) is 15.0. The first kappa shape index (κ1) is 15.8. The van der Waals surface area contributed by atoms with Crippen LogP contribution in [0.4, 0.5) is 11.4 Å². The largest absolute Gasteiger partial charge is 0.355 e. The highest BCUT2D eigenvalue weighted by Gasteiger charge is 2.13. The molecule has 0 radical (unpaired) electrons. The number of nitrogens with zero attached hydrogens (tertiary/aromatic N) is 2. The van der Waals surface area contributed by atoms with E-state index in [9.17, 15) is 4.79 Å². The Bertz CT molecular complexity index is 752. The standard InChI is InChI=1S/C16H15ClN4O/c1-3-11-6-10(8-18)4-5-13(11)21-14-7-15(17)20-9-12(14)16(22)19-2/h4-7,9H,3H2,1-2H3,(H,19,22)(H,20,21). The lowest BCUT2D eigenvalue weighted by molar-refractivity contribution is 0.0963. The number of anilines is 2. The number of amides is 1.